The molecule has 0 aliphatic heterocycles. The Labute approximate surface area is 152 Å². The molecule has 0 aromatic heterocycles. The molecule has 2 unspecified atom stereocenters. The molecule has 0 saturated carbocycles. The Hall–Kier alpha value is -2.67. The number of sulfone groups is 1. The number of carboxylic acid groups (broad SMARTS) is 1. The Morgan fingerprint density at radius 2 is 1.69 bits per heavy atom. The zero-order valence-electron chi connectivity index (χ0n) is 14.8. The van der Waals surface area contributed by atoms with Crippen LogP contribution in [0.5, 0.6) is 0 Å². The smallest absolute Gasteiger partial charge is 0.308 e. The van der Waals surface area contributed by atoms with Crippen LogP contribution in [0.3, 0.4) is 0 Å². The first-order valence-corrected chi connectivity index (χ1v) is 9.89. The number of aliphatic carboxylic acids is 1. The third-order valence-electron chi connectivity index (χ3n) is 4.22. The van der Waals surface area contributed by atoms with Crippen LogP contribution in [0.2, 0.25) is 0 Å². The maximum atomic E-state index is 12.8. The van der Waals surface area contributed by atoms with Crippen molar-refractivity contribution in [3.63, 3.8) is 0 Å². The van der Waals surface area contributed by atoms with Gasteiger partial charge in [0.05, 0.1) is 16.9 Å². The third kappa shape index (κ3) is 4.49. The van der Waals surface area contributed by atoms with Crippen LogP contribution in [-0.2, 0) is 14.6 Å². The average molecular weight is 375 g/mol. The van der Waals surface area contributed by atoms with Crippen molar-refractivity contribution in [3.8, 4) is 0 Å². The van der Waals surface area contributed by atoms with Gasteiger partial charge in [0.1, 0.15) is 0 Å². The van der Waals surface area contributed by atoms with Crippen LogP contribution < -0.4 is 5.32 Å². The maximum Gasteiger partial charge on any atom is 0.308 e. The predicted molar refractivity (Wildman–Crippen MR) is 97.7 cm³/mol. The number of carbonyl (C=O) groups excluding carboxylic acids is 1. The summed E-state index contributed by atoms with van der Waals surface area (Å²) >= 11 is 0. The number of aryl methyl sites for hydroxylation is 1. The maximum absolute atomic E-state index is 12.8. The van der Waals surface area contributed by atoms with Gasteiger partial charge in [0.2, 0.25) is 0 Å². The Morgan fingerprint density at radius 3 is 2.23 bits per heavy atom. The first kappa shape index (κ1) is 19.7. The van der Waals surface area contributed by atoms with E-state index in [4.69, 9.17) is 0 Å². The molecule has 2 N–H and O–H groups in total. The lowest BCUT2D eigenvalue weighted by Gasteiger charge is -2.23. The molecule has 7 heteroatoms. The van der Waals surface area contributed by atoms with Gasteiger partial charge in [-0.15, -0.1) is 0 Å². The third-order valence-corrected chi connectivity index (χ3v) is 5.33. The molecule has 138 valence electrons. The highest BCUT2D eigenvalue weighted by atomic mass is 32.2. The van der Waals surface area contributed by atoms with E-state index in [1.807, 2.05) is 0 Å². The topological polar surface area (TPSA) is 101 Å². The van der Waals surface area contributed by atoms with Gasteiger partial charge in [-0.25, -0.2) is 8.42 Å². The second kappa shape index (κ2) is 7.70. The summed E-state index contributed by atoms with van der Waals surface area (Å²) in [7, 11) is -3.46. The molecule has 2 aromatic carbocycles. The number of carbonyl (C=O) groups is 2. The number of benzene rings is 2. The van der Waals surface area contributed by atoms with E-state index < -0.39 is 33.7 Å². The van der Waals surface area contributed by atoms with Crippen LogP contribution in [0.25, 0.3) is 0 Å². The molecule has 0 saturated heterocycles. The van der Waals surface area contributed by atoms with Crippen molar-refractivity contribution in [1.82, 2.24) is 5.32 Å². The zero-order chi connectivity index (χ0) is 19.5. The lowest BCUT2D eigenvalue weighted by molar-refractivity contribution is -0.142. The molecule has 2 atom stereocenters. The van der Waals surface area contributed by atoms with Gasteiger partial charge in [-0.1, -0.05) is 36.4 Å². The van der Waals surface area contributed by atoms with E-state index in [2.05, 4.69) is 5.32 Å². The molecule has 2 rings (SSSR count). The molecule has 6 nitrogen and oxygen atoms in total. The van der Waals surface area contributed by atoms with E-state index in [1.54, 1.807) is 43.3 Å². The van der Waals surface area contributed by atoms with Gasteiger partial charge in [0, 0.05) is 11.8 Å². The van der Waals surface area contributed by atoms with Crippen molar-refractivity contribution in [1.29, 1.82) is 0 Å². The molecule has 26 heavy (non-hydrogen) atoms. The van der Waals surface area contributed by atoms with E-state index in [-0.39, 0.29) is 10.5 Å². The Bertz CT molecular complexity index is 922. The number of hydrogen-bond donors (Lipinski definition) is 2. The fraction of sp³-hybridized carbons (Fsp3) is 0.263. The molecular weight excluding hydrogens is 354 g/mol. The quantitative estimate of drug-likeness (QED) is 0.808. The molecule has 1 amide bonds. The van der Waals surface area contributed by atoms with E-state index in [9.17, 15) is 23.1 Å². The molecule has 0 fully saturated rings. The Morgan fingerprint density at radius 1 is 1.08 bits per heavy atom. The minimum absolute atomic E-state index is 0.0378. The lowest BCUT2D eigenvalue weighted by atomic mass is 9.94. The lowest BCUT2D eigenvalue weighted by Crippen LogP contribution is -2.36. The highest BCUT2D eigenvalue weighted by molar-refractivity contribution is 7.90. The molecule has 0 aliphatic carbocycles. The minimum atomic E-state index is -3.46. The van der Waals surface area contributed by atoms with Gasteiger partial charge in [-0.3, -0.25) is 9.59 Å². The van der Waals surface area contributed by atoms with Crippen molar-refractivity contribution in [2.75, 3.05) is 6.26 Å². The standard InChI is InChI=1S/C19H21NO5S/c1-12-9-10-15(26(3,24)25)11-16(12)18(21)20-17(13(2)19(22)23)14-7-5-4-6-8-14/h4-11,13,17H,1-3H3,(H,20,21)(H,22,23). The molecular formula is C19H21NO5S. The molecule has 2 aromatic rings. The van der Waals surface area contributed by atoms with Crippen LogP contribution in [0, 0.1) is 12.8 Å². The summed E-state index contributed by atoms with van der Waals surface area (Å²) < 4.78 is 23.5. The summed E-state index contributed by atoms with van der Waals surface area (Å²) in [6, 6.07) is 12.4. The second-order valence-corrected chi connectivity index (χ2v) is 8.25. The molecule has 0 heterocycles. The first-order chi connectivity index (χ1) is 12.1. The van der Waals surface area contributed by atoms with E-state index in [0.29, 0.717) is 11.1 Å². The number of rotatable bonds is 6. The average Bonchev–Trinajstić information content (AvgIpc) is 2.58. The highest BCUT2D eigenvalue weighted by Crippen LogP contribution is 2.24. The molecule has 0 spiro atoms. The molecule has 0 radical (unpaired) electrons. The molecule has 0 aliphatic rings. The molecule has 0 bridgehead atoms. The van der Waals surface area contributed by atoms with E-state index in [0.717, 1.165) is 6.26 Å². The zero-order valence-corrected chi connectivity index (χ0v) is 15.6. The van der Waals surface area contributed by atoms with Crippen molar-refractivity contribution in [2.24, 2.45) is 5.92 Å². The van der Waals surface area contributed by atoms with Crippen LogP contribution in [0.15, 0.2) is 53.4 Å². The minimum Gasteiger partial charge on any atom is -0.481 e. The first-order valence-electron chi connectivity index (χ1n) is 8.00. The fourth-order valence-electron chi connectivity index (χ4n) is 2.60. The Kier molecular flexibility index (Phi) is 5.82. The van der Waals surface area contributed by atoms with Crippen molar-refractivity contribution in [3.05, 3.63) is 65.2 Å². The monoisotopic (exact) mass is 375 g/mol. The number of amides is 1. The van der Waals surface area contributed by atoms with Crippen LogP contribution in [0.4, 0.5) is 0 Å². The van der Waals surface area contributed by atoms with Crippen molar-refractivity contribution >= 4 is 21.7 Å². The van der Waals surface area contributed by atoms with E-state index >= 15 is 0 Å². The summed E-state index contributed by atoms with van der Waals surface area (Å²) in [5, 5.41) is 12.1. The number of carboxylic acids is 1. The van der Waals surface area contributed by atoms with E-state index in [1.165, 1.54) is 19.1 Å². The number of hydrogen-bond acceptors (Lipinski definition) is 4. The number of nitrogens with one attached hydrogen (secondary N) is 1. The normalized spacial score (nSPS) is 13.7. The fourth-order valence-corrected chi connectivity index (χ4v) is 3.24. The highest BCUT2D eigenvalue weighted by Gasteiger charge is 2.27. The van der Waals surface area contributed by atoms with Gasteiger partial charge in [-0.05, 0) is 37.1 Å². The van der Waals surface area contributed by atoms with Crippen LogP contribution in [0.1, 0.15) is 34.5 Å². The summed E-state index contributed by atoms with van der Waals surface area (Å²) in [6.45, 7) is 3.21. The van der Waals surface area contributed by atoms with Crippen molar-refractivity contribution < 1.29 is 23.1 Å². The predicted octanol–water partition coefficient (Wildman–Crippen LogP) is 2.59. The summed E-state index contributed by atoms with van der Waals surface area (Å²) in [5.74, 6) is -2.42. The van der Waals surface area contributed by atoms with Crippen molar-refractivity contribution in [2.45, 2.75) is 24.8 Å². The second-order valence-electron chi connectivity index (χ2n) is 6.24. The van der Waals surface area contributed by atoms with Gasteiger partial charge >= 0.3 is 5.97 Å². The summed E-state index contributed by atoms with van der Waals surface area (Å²) in [5.41, 5.74) is 1.46. The van der Waals surface area contributed by atoms with Crippen LogP contribution >= 0.6 is 0 Å². The summed E-state index contributed by atoms with van der Waals surface area (Å²) in [6.07, 6.45) is 1.07. The van der Waals surface area contributed by atoms with Gasteiger partial charge < -0.3 is 10.4 Å². The largest absolute Gasteiger partial charge is 0.481 e. The van der Waals surface area contributed by atoms with Crippen LogP contribution in [-0.4, -0.2) is 31.7 Å². The van der Waals surface area contributed by atoms with Gasteiger partial charge in [-0.2, -0.15) is 0 Å². The SMILES string of the molecule is Cc1ccc(S(C)(=O)=O)cc1C(=O)NC(c1ccccc1)C(C)C(=O)O. The van der Waals surface area contributed by atoms with Gasteiger partial charge in [0.15, 0.2) is 9.84 Å². The van der Waals surface area contributed by atoms with Gasteiger partial charge in [0.25, 0.3) is 5.91 Å². The summed E-state index contributed by atoms with van der Waals surface area (Å²) in [4.78, 5) is 24.2. The Balaban J connectivity index is 2.40.